The van der Waals surface area contributed by atoms with Crippen molar-refractivity contribution in [2.75, 3.05) is 6.54 Å². The van der Waals surface area contributed by atoms with Crippen LogP contribution < -0.4 is 5.32 Å². The molecule has 0 aliphatic carbocycles. The highest BCUT2D eigenvalue weighted by molar-refractivity contribution is 5.94. The quantitative estimate of drug-likeness (QED) is 0.678. The standard InChI is InChI=1S/C9H9N3O2/c10-2-1-3-12-9(14)7-4-8(13)6-11-5-7/h4-6,13H,1,3H2,(H,12,14). The second-order valence-electron chi connectivity index (χ2n) is 2.60. The van der Waals surface area contributed by atoms with E-state index in [0.717, 1.165) is 0 Å². The van der Waals surface area contributed by atoms with Crippen molar-refractivity contribution in [2.45, 2.75) is 6.42 Å². The van der Waals surface area contributed by atoms with Crippen LogP contribution in [0.1, 0.15) is 16.8 Å². The minimum Gasteiger partial charge on any atom is -0.506 e. The maximum Gasteiger partial charge on any atom is 0.253 e. The molecule has 0 aliphatic heterocycles. The molecule has 2 N–H and O–H groups in total. The first-order valence-electron chi connectivity index (χ1n) is 4.03. The first-order valence-corrected chi connectivity index (χ1v) is 4.03. The number of aromatic nitrogens is 1. The van der Waals surface area contributed by atoms with Crippen LogP contribution in [0.3, 0.4) is 0 Å². The molecule has 5 heteroatoms. The Hall–Kier alpha value is -2.09. The van der Waals surface area contributed by atoms with E-state index in [-0.39, 0.29) is 23.6 Å². The van der Waals surface area contributed by atoms with Gasteiger partial charge in [-0.1, -0.05) is 0 Å². The lowest BCUT2D eigenvalue weighted by molar-refractivity contribution is 0.0953. The summed E-state index contributed by atoms with van der Waals surface area (Å²) in [6, 6.07) is 3.22. The molecule has 0 aromatic carbocycles. The smallest absolute Gasteiger partial charge is 0.253 e. The van der Waals surface area contributed by atoms with Gasteiger partial charge in [-0.15, -0.1) is 0 Å². The van der Waals surface area contributed by atoms with Crippen LogP contribution in [-0.4, -0.2) is 22.5 Å². The van der Waals surface area contributed by atoms with E-state index in [0.29, 0.717) is 6.54 Å². The summed E-state index contributed by atoms with van der Waals surface area (Å²) in [4.78, 5) is 15.0. The number of rotatable bonds is 3. The van der Waals surface area contributed by atoms with Gasteiger partial charge in [-0.05, 0) is 6.07 Å². The number of amides is 1. The second kappa shape index (κ2) is 4.82. The van der Waals surface area contributed by atoms with Crippen molar-refractivity contribution >= 4 is 5.91 Å². The number of hydrogen-bond donors (Lipinski definition) is 2. The molecule has 14 heavy (non-hydrogen) atoms. The lowest BCUT2D eigenvalue weighted by Crippen LogP contribution is -2.24. The van der Waals surface area contributed by atoms with Crippen LogP contribution >= 0.6 is 0 Å². The van der Waals surface area contributed by atoms with Gasteiger partial charge < -0.3 is 10.4 Å². The predicted octanol–water partition coefficient (Wildman–Crippen LogP) is 0.431. The fourth-order valence-electron chi connectivity index (χ4n) is 0.886. The Morgan fingerprint density at radius 1 is 1.64 bits per heavy atom. The maximum atomic E-state index is 11.3. The summed E-state index contributed by atoms with van der Waals surface area (Å²) in [5.41, 5.74) is 0.280. The Kier molecular flexibility index (Phi) is 3.44. The molecule has 0 saturated heterocycles. The van der Waals surface area contributed by atoms with Gasteiger partial charge in [0, 0.05) is 12.7 Å². The van der Waals surface area contributed by atoms with E-state index in [1.165, 1.54) is 18.5 Å². The zero-order valence-corrected chi connectivity index (χ0v) is 7.40. The first-order chi connectivity index (χ1) is 6.74. The summed E-state index contributed by atoms with van der Waals surface area (Å²) >= 11 is 0. The highest BCUT2D eigenvalue weighted by Gasteiger charge is 2.05. The minimum absolute atomic E-state index is 0.0575. The lowest BCUT2D eigenvalue weighted by atomic mass is 10.2. The topological polar surface area (TPSA) is 86.0 Å². The molecule has 0 unspecified atom stereocenters. The van der Waals surface area contributed by atoms with E-state index < -0.39 is 0 Å². The van der Waals surface area contributed by atoms with Crippen molar-refractivity contribution < 1.29 is 9.90 Å². The number of hydrogen-bond acceptors (Lipinski definition) is 4. The Morgan fingerprint density at radius 2 is 2.43 bits per heavy atom. The van der Waals surface area contributed by atoms with E-state index in [4.69, 9.17) is 10.4 Å². The normalized spacial score (nSPS) is 9.07. The molecule has 5 nitrogen and oxygen atoms in total. The van der Waals surface area contributed by atoms with Crippen LogP contribution in [0.5, 0.6) is 5.75 Å². The van der Waals surface area contributed by atoms with Crippen molar-refractivity contribution in [3.05, 3.63) is 24.0 Å². The Morgan fingerprint density at radius 3 is 3.07 bits per heavy atom. The number of nitrogens with one attached hydrogen (secondary N) is 1. The van der Waals surface area contributed by atoms with Gasteiger partial charge in [-0.2, -0.15) is 5.26 Å². The summed E-state index contributed by atoms with van der Waals surface area (Å²) in [5, 5.41) is 19.8. The highest BCUT2D eigenvalue weighted by Crippen LogP contribution is 2.07. The fraction of sp³-hybridized carbons (Fsp3) is 0.222. The average molecular weight is 191 g/mol. The largest absolute Gasteiger partial charge is 0.506 e. The van der Waals surface area contributed by atoms with E-state index >= 15 is 0 Å². The van der Waals surface area contributed by atoms with E-state index in [1.807, 2.05) is 6.07 Å². The first kappa shape index (κ1) is 9.99. The van der Waals surface area contributed by atoms with Gasteiger partial charge in [0.1, 0.15) is 5.75 Å². The molecule has 0 fully saturated rings. The average Bonchev–Trinajstić information content (AvgIpc) is 2.18. The van der Waals surface area contributed by atoms with Gasteiger partial charge in [0.05, 0.1) is 24.3 Å². The Balaban J connectivity index is 2.57. The van der Waals surface area contributed by atoms with Crippen LogP contribution in [0.2, 0.25) is 0 Å². The molecule has 1 aromatic heterocycles. The van der Waals surface area contributed by atoms with Gasteiger partial charge in [0.15, 0.2) is 0 Å². The zero-order valence-electron chi connectivity index (χ0n) is 7.40. The molecule has 0 saturated carbocycles. The van der Waals surface area contributed by atoms with Crippen LogP contribution in [0.25, 0.3) is 0 Å². The summed E-state index contributed by atoms with van der Waals surface area (Å²) < 4.78 is 0. The predicted molar refractivity (Wildman–Crippen MR) is 48.5 cm³/mol. The summed E-state index contributed by atoms with van der Waals surface area (Å²) in [6.07, 6.45) is 2.85. The molecule has 0 bridgehead atoms. The van der Waals surface area contributed by atoms with E-state index in [2.05, 4.69) is 10.3 Å². The summed E-state index contributed by atoms with van der Waals surface area (Å²) in [7, 11) is 0. The Bertz CT molecular complexity index is 371. The second-order valence-corrected chi connectivity index (χ2v) is 2.60. The van der Waals surface area contributed by atoms with Gasteiger partial charge in [0.25, 0.3) is 5.91 Å². The number of nitriles is 1. The maximum absolute atomic E-state index is 11.3. The third-order valence-corrected chi connectivity index (χ3v) is 1.51. The molecule has 0 spiro atoms. The third kappa shape index (κ3) is 2.75. The van der Waals surface area contributed by atoms with Gasteiger partial charge in [-0.25, -0.2) is 0 Å². The monoisotopic (exact) mass is 191 g/mol. The van der Waals surface area contributed by atoms with Crippen molar-refractivity contribution in [2.24, 2.45) is 0 Å². The molecule has 1 rings (SSSR count). The number of aromatic hydroxyl groups is 1. The molecule has 72 valence electrons. The fourth-order valence-corrected chi connectivity index (χ4v) is 0.886. The van der Waals surface area contributed by atoms with Gasteiger partial charge in [-0.3, -0.25) is 9.78 Å². The van der Waals surface area contributed by atoms with Crippen molar-refractivity contribution in [1.82, 2.24) is 10.3 Å². The van der Waals surface area contributed by atoms with Crippen LogP contribution in [0, 0.1) is 11.3 Å². The third-order valence-electron chi connectivity index (χ3n) is 1.51. The van der Waals surface area contributed by atoms with Crippen molar-refractivity contribution in [3.8, 4) is 11.8 Å². The minimum atomic E-state index is -0.344. The van der Waals surface area contributed by atoms with Crippen molar-refractivity contribution in [1.29, 1.82) is 5.26 Å². The summed E-state index contributed by atoms with van der Waals surface area (Å²) in [5.74, 6) is -0.401. The van der Waals surface area contributed by atoms with E-state index in [1.54, 1.807) is 0 Å². The van der Waals surface area contributed by atoms with Crippen LogP contribution in [0.4, 0.5) is 0 Å². The van der Waals surface area contributed by atoms with Gasteiger partial charge >= 0.3 is 0 Å². The molecule has 1 aromatic rings. The highest BCUT2D eigenvalue weighted by atomic mass is 16.3. The summed E-state index contributed by atoms with van der Waals surface area (Å²) in [6.45, 7) is 0.297. The number of nitrogens with zero attached hydrogens (tertiary/aromatic N) is 2. The SMILES string of the molecule is N#CCCNC(=O)c1cncc(O)c1. The molecule has 0 radical (unpaired) electrons. The van der Waals surface area contributed by atoms with Crippen LogP contribution in [0.15, 0.2) is 18.5 Å². The van der Waals surface area contributed by atoms with Crippen LogP contribution in [-0.2, 0) is 0 Å². The lowest BCUT2D eigenvalue weighted by Gasteiger charge is -2.01. The molecular weight excluding hydrogens is 182 g/mol. The molecule has 0 aliphatic rings. The Labute approximate surface area is 81.0 Å². The molecule has 0 atom stereocenters. The van der Waals surface area contributed by atoms with Crippen molar-refractivity contribution in [3.63, 3.8) is 0 Å². The molecule has 1 amide bonds. The number of carbonyl (C=O) groups is 1. The molecular formula is C9H9N3O2. The molecule has 1 heterocycles. The van der Waals surface area contributed by atoms with Gasteiger partial charge in [0.2, 0.25) is 0 Å². The number of pyridine rings is 1. The zero-order chi connectivity index (χ0) is 10.4. The number of carbonyl (C=O) groups excluding carboxylic acids is 1. The van der Waals surface area contributed by atoms with E-state index in [9.17, 15) is 4.79 Å².